The molecule has 0 amide bonds. The molecule has 1 aromatic carbocycles. The van der Waals surface area contributed by atoms with Gasteiger partial charge in [-0.1, -0.05) is 13.8 Å². The predicted octanol–water partition coefficient (Wildman–Crippen LogP) is 3.07. The average molecular weight is 428 g/mol. The van der Waals surface area contributed by atoms with Crippen LogP contribution in [-0.4, -0.2) is 44.1 Å². The minimum atomic E-state index is -0.446. The predicted molar refractivity (Wildman–Crippen MR) is 114 cm³/mol. The summed E-state index contributed by atoms with van der Waals surface area (Å²) < 4.78 is 1.34. The Morgan fingerprint density at radius 2 is 1.79 bits per heavy atom. The van der Waals surface area contributed by atoms with E-state index in [1.54, 1.807) is 24.4 Å². The summed E-state index contributed by atoms with van der Waals surface area (Å²) in [4.78, 5) is 18.5. The van der Waals surface area contributed by atoms with Gasteiger partial charge in [0.2, 0.25) is 0 Å². The number of pyridine rings is 1. The molecule has 3 aromatic rings. The Kier molecular flexibility index (Phi) is 7.49. The molecule has 152 valence electrons. The van der Waals surface area contributed by atoms with Crippen molar-refractivity contribution in [3.8, 4) is 28.6 Å². The fraction of sp³-hybridized carbons (Fsp3) is 0.278. The molecule has 0 spiro atoms. The van der Waals surface area contributed by atoms with Gasteiger partial charge in [0.05, 0.1) is 17.4 Å². The Hall–Kier alpha value is -2.71. The molecule has 0 saturated carbocycles. The standard InChI is InChI=1S/C18H21N5O3.2ClH/c1-10(2)12-7-13(15(25)8-14(12)24)17-20-21-18(26)23(17)11-5-6-16(19-9-11)22(3)4;;/h5-10,24-25H,1-4H3,(H,21,26);2*1H. The van der Waals surface area contributed by atoms with Gasteiger partial charge in [-0.2, -0.15) is 5.10 Å². The molecule has 0 unspecified atom stereocenters. The summed E-state index contributed by atoms with van der Waals surface area (Å²) in [5, 5.41) is 26.8. The second-order valence-corrected chi connectivity index (χ2v) is 6.54. The van der Waals surface area contributed by atoms with Gasteiger partial charge < -0.3 is 15.1 Å². The van der Waals surface area contributed by atoms with Crippen LogP contribution in [0.25, 0.3) is 17.1 Å². The van der Waals surface area contributed by atoms with Gasteiger partial charge in [0.15, 0.2) is 5.82 Å². The van der Waals surface area contributed by atoms with E-state index in [-0.39, 0.29) is 48.1 Å². The summed E-state index contributed by atoms with van der Waals surface area (Å²) in [6.07, 6.45) is 1.57. The molecule has 0 fully saturated rings. The number of H-pyrrole nitrogens is 1. The third kappa shape index (κ3) is 4.23. The molecule has 28 heavy (non-hydrogen) atoms. The first kappa shape index (κ1) is 23.3. The number of hydrogen-bond donors (Lipinski definition) is 3. The smallest absolute Gasteiger partial charge is 0.348 e. The summed E-state index contributed by atoms with van der Waals surface area (Å²) in [7, 11) is 3.75. The van der Waals surface area contributed by atoms with Crippen LogP contribution in [0.15, 0.2) is 35.3 Å². The highest BCUT2D eigenvalue weighted by atomic mass is 35.5. The van der Waals surface area contributed by atoms with Gasteiger partial charge in [-0.3, -0.25) is 0 Å². The maximum absolute atomic E-state index is 12.3. The molecule has 3 rings (SSSR count). The second kappa shape index (κ2) is 8.99. The van der Waals surface area contributed by atoms with Crippen LogP contribution in [0.1, 0.15) is 25.3 Å². The number of aromatic amines is 1. The molecule has 0 atom stereocenters. The van der Waals surface area contributed by atoms with Crippen LogP contribution in [0.3, 0.4) is 0 Å². The minimum absolute atomic E-state index is 0. The molecular weight excluding hydrogens is 405 g/mol. The Morgan fingerprint density at radius 3 is 2.32 bits per heavy atom. The highest BCUT2D eigenvalue weighted by Crippen LogP contribution is 2.37. The van der Waals surface area contributed by atoms with Crippen LogP contribution in [0.4, 0.5) is 5.82 Å². The normalized spacial score (nSPS) is 10.3. The third-order valence-electron chi connectivity index (χ3n) is 4.13. The molecule has 0 aliphatic rings. The number of aromatic hydroxyl groups is 2. The number of rotatable bonds is 4. The summed E-state index contributed by atoms with van der Waals surface area (Å²) in [5.41, 5.74) is 1.07. The molecule has 0 aliphatic heterocycles. The Balaban J connectivity index is 0.00000196. The van der Waals surface area contributed by atoms with Gasteiger partial charge >= 0.3 is 5.69 Å². The number of nitrogens with zero attached hydrogens (tertiary/aromatic N) is 4. The fourth-order valence-electron chi connectivity index (χ4n) is 2.73. The van der Waals surface area contributed by atoms with Crippen LogP contribution in [0.5, 0.6) is 11.5 Å². The molecule has 8 nitrogen and oxygen atoms in total. The van der Waals surface area contributed by atoms with Crippen molar-refractivity contribution in [2.24, 2.45) is 0 Å². The van der Waals surface area contributed by atoms with Crippen molar-refractivity contribution in [1.29, 1.82) is 0 Å². The van der Waals surface area contributed by atoms with Crippen molar-refractivity contribution in [3.63, 3.8) is 0 Å². The molecule has 0 bridgehead atoms. The van der Waals surface area contributed by atoms with E-state index in [1.165, 1.54) is 10.6 Å². The van der Waals surface area contributed by atoms with Crippen molar-refractivity contribution in [1.82, 2.24) is 19.7 Å². The maximum Gasteiger partial charge on any atom is 0.348 e. The zero-order chi connectivity index (χ0) is 19.0. The lowest BCUT2D eigenvalue weighted by Crippen LogP contribution is -2.17. The number of phenols is 2. The molecular formula is C18H23Cl2N5O3. The number of nitrogens with one attached hydrogen (secondary N) is 1. The maximum atomic E-state index is 12.3. The van der Waals surface area contributed by atoms with E-state index < -0.39 is 5.69 Å². The number of halogens is 2. The van der Waals surface area contributed by atoms with E-state index in [0.29, 0.717) is 16.8 Å². The zero-order valence-corrected chi connectivity index (χ0v) is 17.5. The lowest BCUT2D eigenvalue weighted by molar-refractivity contribution is 0.444. The first-order valence-corrected chi connectivity index (χ1v) is 8.17. The molecule has 3 N–H and O–H groups in total. The lowest BCUT2D eigenvalue weighted by Gasteiger charge is -2.14. The number of phenolic OH excluding ortho intramolecular Hbond substituents is 2. The molecule has 0 aliphatic carbocycles. The monoisotopic (exact) mass is 427 g/mol. The van der Waals surface area contributed by atoms with E-state index in [4.69, 9.17) is 0 Å². The minimum Gasteiger partial charge on any atom is -0.508 e. The van der Waals surface area contributed by atoms with Gasteiger partial charge in [-0.25, -0.2) is 19.4 Å². The molecule has 2 aromatic heterocycles. The number of hydrogen-bond acceptors (Lipinski definition) is 6. The highest BCUT2D eigenvalue weighted by molar-refractivity contribution is 5.85. The second-order valence-electron chi connectivity index (χ2n) is 6.54. The molecule has 0 saturated heterocycles. The SMILES string of the molecule is CC(C)c1cc(-c2n[nH]c(=O)n2-c2ccc(N(C)C)nc2)c(O)cc1O.Cl.Cl. The van der Waals surface area contributed by atoms with E-state index in [9.17, 15) is 15.0 Å². The van der Waals surface area contributed by atoms with Crippen LogP contribution >= 0.6 is 24.8 Å². The topological polar surface area (TPSA) is 107 Å². The van der Waals surface area contributed by atoms with Crippen molar-refractivity contribution < 1.29 is 10.2 Å². The molecule has 10 heteroatoms. The number of aromatic nitrogens is 4. The quantitative estimate of drug-likeness (QED) is 0.590. The van der Waals surface area contributed by atoms with E-state index in [0.717, 1.165) is 5.82 Å². The fourth-order valence-corrected chi connectivity index (χ4v) is 2.73. The van der Waals surface area contributed by atoms with Gasteiger partial charge in [0.25, 0.3) is 0 Å². The first-order valence-electron chi connectivity index (χ1n) is 8.17. The van der Waals surface area contributed by atoms with Crippen molar-refractivity contribution in [2.75, 3.05) is 19.0 Å². The molecule has 2 heterocycles. The molecule has 0 radical (unpaired) electrons. The van der Waals surface area contributed by atoms with Gasteiger partial charge in [0.1, 0.15) is 17.3 Å². The highest BCUT2D eigenvalue weighted by Gasteiger charge is 2.19. The third-order valence-corrected chi connectivity index (χ3v) is 4.13. The summed E-state index contributed by atoms with van der Waals surface area (Å²) in [5.74, 6) is 0.873. The lowest BCUT2D eigenvalue weighted by atomic mass is 9.98. The Morgan fingerprint density at radius 1 is 1.11 bits per heavy atom. The van der Waals surface area contributed by atoms with E-state index in [1.807, 2.05) is 32.8 Å². The summed E-state index contributed by atoms with van der Waals surface area (Å²) in [6.45, 7) is 3.86. The largest absolute Gasteiger partial charge is 0.508 e. The van der Waals surface area contributed by atoms with Gasteiger partial charge in [-0.05, 0) is 29.7 Å². The Bertz CT molecular complexity index is 997. The van der Waals surface area contributed by atoms with Gasteiger partial charge in [0, 0.05) is 20.2 Å². The number of anilines is 1. The van der Waals surface area contributed by atoms with Gasteiger partial charge in [-0.15, -0.1) is 24.8 Å². The van der Waals surface area contributed by atoms with Crippen LogP contribution < -0.4 is 10.6 Å². The van der Waals surface area contributed by atoms with Crippen LogP contribution in [0, 0.1) is 0 Å². The van der Waals surface area contributed by atoms with E-state index in [2.05, 4.69) is 15.2 Å². The number of benzene rings is 1. The van der Waals surface area contributed by atoms with Crippen molar-refractivity contribution >= 4 is 30.6 Å². The summed E-state index contributed by atoms with van der Waals surface area (Å²) >= 11 is 0. The average Bonchev–Trinajstić information content (AvgIpc) is 2.96. The van der Waals surface area contributed by atoms with Crippen molar-refractivity contribution in [2.45, 2.75) is 19.8 Å². The van der Waals surface area contributed by atoms with Crippen LogP contribution in [0.2, 0.25) is 0 Å². The van der Waals surface area contributed by atoms with Crippen LogP contribution in [-0.2, 0) is 0 Å². The first-order chi connectivity index (χ1) is 12.3. The zero-order valence-electron chi connectivity index (χ0n) is 15.9. The van der Waals surface area contributed by atoms with Crippen molar-refractivity contribution in [3.05, 3.63) is 46.5 Å². The Labute approximate surface area is 174 Å². The van der Waals surface area contributed by atoms with E-state index >= 15 is 0 Å². The summed E-state index contributed by atoms with van der Waals surface area (Å²) in [6, 6.07) is 6.45.